The van der Waals surface area contributed by atoms with Crippen molar-refractivity contribution in [2.24, 2.45) is 0 Å². The molecule has 132 valence electrons. The predicted molar refractivity (Wildman–Crippen MR) is 103 cm³/mol. The van der Waals surface area contributed by atoms with Crippen molar-refractivity contribution in [1.29, 1.82) is 0 Å². The van der Waals surface area contributed by atoms with Crippen molar-refractivity contribution in [2.45, 2.75) is 6.54 Å². The molecule has 0 radical (unpaired) electrons. The molecule has 3 aromatic heterocycles. The third kappa shape index (κ3) is 2.99. The molecule has 0 aliphatic carbocycles. The normalized spacial score (nSPS) is 11.3. The van der Waals surface area contributed by atoms with Crippen LogP contribution in [0, 0.1) is 0 Å². The summed E-state index contributed by atoms with van der Waals surface area (Å²) in [5.74, 6) is -0.517. The molecule has 0 atom stereocenters. The van der Waals surface area contributed by atoms with Gasteiger partial charge in [0.25, 0.3) is 0 Å². The number of aromatic carboxylic acids is 1. The predicted octanol–water partition coefficient (Wildman–Crippen LogP) is 6.06. The highest BCUT2D eigenvalue weighted by Crippen LogP contribution is 2.34. The highest BCUT2D eigenvalue weighted by Gasteiger charge is 2.20. The van der Waals surface area contributed by atoms with Crippen LogP contribution in [0.25, 0.3) is 21.5 Å². The Morgan fingerprint density at radius 3 is 2.62 bits per heavy atom. The Hall–Kier alpha value is -1.99. The van der Waals surface area contributed by atoms with E-state index in [9.17, 15) is 9.90 Å². The van der Waals surface area contributed by atoms with Gasteiger partial charge in [0.2, 0.25) is 0 Å². The van der Waals surface area contributed by atoms with E-state index in [-0.39, 0.29) is 12.2 Å². The van der Waals surface area contributed by atoms with Crippen molar-refractivity contribution < 1.29 is 14.4 Å². The average Bonchev–Trinajstić information content (AvgIpc) is 3.30. The van der Waals surface area contributed by atoms with Gasteiger partial charge in [0.1, 0.15) is 11.4 Å². The van der Waals surface area contributed by atoms with Crippen LogP contribution in [0.1, 0.15) is 16.2 Å². The lowest BCUT2D eigenvalue weighted by molar-refractivity contribution is 0.0686. The van der Waals surface area contributed by atoms with E-state index in [1.54, 1.807) is 28.8 Å². The monoisotopic (exact) mass is 426 g/mol. The summed E-state index contributed by atoms with van der Waals surface area (Å²) < 4.78 is 7.57. The van der Waals surface area contributed by atoms with Crippen LogP contribution in [-0.2, 0) is 6.54 Å². The zero-order valence-electron chi connectivity index (χ0n) is 12.9. The lowest BCUT2D eigenvalue weighted by Gasteiger charge is -2.07. The topological polar surface area (TPSA) is 68.3 Å². The van der Waals surface area contributed by atoms with Gasteiger partial charge in [0, 0.05) is 11.5 Å². The number of hydrogen-bond acceptors (Lipinski definition) is 4. The zero-order chi connectivity index (χ0) is 18.4. The molecule has 0 amide bonds. The molecule has 5 nitrogen and oxygen atoms in total. The Bertz CT molecular complexity index is 1150. The maximum absolute atomic E-state index is 11.7. The number of hydrogen-bond donors (Lipinski definition) is 1. The number of nitrogens with zero attached hydrogens (tertiary/aromatic N) is 2. The number of benzene rings is 1. The maximum Gasteiger partial charge on any atom is 0.352 e. The third-order valence-corrected chi connectivity index (χ3v) is 5.75. The van der Waals surface area contributed by atoms with E-state index in [1.165, 1.54) is 17.4 Å². The van der Waals surface area contributed by atoms with E-state index < -0.39 is 5.97 Å². The number of carbonyl (C=O) groups is 1. The molecule has 0 aliphatic heterocycles. The number of rotatable bonds is 4. The minimum absolute atomic E-state index is 0.0683. The summed E-state index contributed by atoms with van der Waals surface area (Å²) in [6.07, 6.45) is 0. The summed E-state index contributed by atoms with van der Waals surface area (Å²) in [6, 6.07) is 10.1. The van der Waals surface area contributed by atoms with Crippen molar-refractivity contribution in [3.8, 4) is 10.6 Å². The summed E-state index contributed by atoms with van der Waals surface area (Å²) in [7, 11) is 0. The molecule has 4 rings (SSSR count). The Morgan fingerprint density at radius 1 is 1.15 bits per heavy atom. The van der Waals surface area contributed by atoms with E-state index in [1.807, 2.05) is 6.07 Å². The Morgan fingerprint density at radius 2 is 1.92 bits per heavy atom. The minimum atomic E-state index is -1.08. The molecule has 9 heteroatoms. The molecule has 0 saturated carbocycles. The Balaban J connectivity index is 1.80. The Kier molecular flexibility index (Phi) is 4.44. The SMILES string of the molecule is O=C(O)c1cc2c(Cl)ccc(Cl)c2n1Cc1cc(-c2ccc(Cl)s2)on1. The summed E-state index contributed by atoms with van der Waals surface area (Å²) in [5.41, 5.74) is 1.17. The first-order chi connectivity index (χ1) is 12.4. The molecule has 1 N–H and O–H groups in total. The quantitative estimate of drug-likeness (QED) is 0.429. The van der Waals surface area contributed by atoms with Crippen molar-refractivity contribution in [2.75, 3.05) is 0 Å². The van der Waals surface area contributed by atoms with Crippen LogP contribution in [0.2, 0.25) is 14.4 Å². The summed E-state index contributed by atoms with van der Waals surface area (Å²) in [5, 5.41) is 15.0. The van der Waals surface area contributed by atoms with Crippen molar-refractivity contribution in [3.63, 3.8) is 0 Å². The molecule has 26 heavy (non-hydrogen) atoms. The van der Waals surface area contributed by atoms with Crippen LogP contribution in [0.5, 0.6) is 0 Å². The molecule has 4 aromatic rings. The first-order valence-corrected chi connectivity index (χ1v) is 9.31. The first-order valence-electron chi connectivity index (χ1n) is 7.36. The number of carboxylic acids is 1. The molecule has 0 aliphatic rings. The molecule has 0 unspecified atom stereocenters. The average molecular weight is 428 g/mol. The van der Waals surface area contributed by atoms with Gasteiger partial charge < -0.3 is 14.2 Å². The highest BCUT2D eigenvalue weighted by atomic mass is 35.5. The van der Waals surface area contributed by atoms with Crippen LogP contribution in [0.3, 0.4) is 0 Å². The summed E-state index contributed by atoms with van der Waals surface area (Å²) in [6.45, 7) is 0.174. The van der Waals surface area contributed by atoms with Gasteiger partial charge in [-0.15, -0.1) is 11.3 Å². The molecule has 0 spiro atoms. The second kappa shape index (κ2) is 6.63. The third-order valence-electron chi connectivity index (χ3n) is 3.87. The number of halogens is 3. The lowest BCUT2D eigenvalue weighted by Crippen LogP contribution is -2.09. The molecular weight excluding hydrogens is 419 g/mol. The minimum Gasteiger partial charge on any atom is -0.477 e. The van der Waals surface area contributed by atoms with Gasteiger partial charge in [0.05, 0.1) is 31.3 Å². The largest absolute Gasteiger partial charge is 0.477 e. The fourth-order valence-electron chi connectivity index (χ4n) is 2.76. The van der Waals surface area contributed by atoms with Gasteiger partial charge in [-0.2, -0.15) is 0 Å². The zero-order valence-corrected chi connectivity index (χ0v) is 16.0. The number of thiophene rings is 1. The van der Waals surface area contributed by atoms with Crippen molar-refractivity contribution in [3.05, 3.63) is 62.2 Å². The number of fused-ring (bicyclic) bond motifs is 1. The van der Waals surface area contributed by atoms with Gasteiger partial charge in [-0.25, -0.2) is 4.79 Å². The van der Waals surface area contributed by atoms with Crippen LogP contribution < -0.4 is 0 Å². The van der Waals surface area contributed by atoms with Crippen LogP contribution in [0.4, 0.5) is 0 Å². The standard InChI is InChI=1S/C17H9Cl3N2O3S/c18-10-1-2-11(19)16-9(10)6-12(17(23)24)22(16)7-8-5-13(25-21-8)14-3-4-15(20)26-14/h1-6H,7H2,(H,23,24). The summed E-state index contributed by atoms with van der Waals surface area (Å²) in [4.78, 5) is 12.5. The van der Waals surface area contributed by atoms with Crippen LogP contribution in [0.15, 0.2) is 40.9 Å². The van der Waals surface area contributed by atoms with Gasteiger partial charge in [0.15, 0.2) is 5.76 Å². The van der Waals surface area contributed by atoms with E-state index in [2.05, 4.69) is 5.16 Å². The summed E-state index contributed by atoms with van der Waals surface area (Å²) >= 11 is 19.8. The van der Waals surface area contributed by atoms with Crippen LogP contribution >= 0.6 is 46.1 Å². The van der Waals surface area contributed by atoms with Gasteiger partial charge >= 0.3 is 5.97 Å². The second-order valence-corrected chi connectivity index (χ2v) is 8.03. The van der Waals surface area contributed by atoms with E-state index in [0.29, 0.717) is 36.7 Å². The number of aromatic nitrogens is 2. The van der Waals surface area contributed by atoms with Gasteiger partial charge in [-0.05, 0) is 30.3 Å². The first kappa shape index (κ1) is 17.4. The molecule has 1 aromatic carbocycles. The van der Waals surface area contributed by atoms with Gasteiger partial charge in [-0.1, -0.05) is 40.0 Å². The molecule has 3 heterocycles. The smallest absolute Gasteiger partial charge is 0.352 e. The number of carboxylic acid groups (broad SMARTS) is 1. The molecule has 0 fully saturated rings. The van der Waals surface area contributed by atoms with Gasteiger partial charge in [-0.3, -0.25) is 0 Å². The molecule has 0 bridgehead atoms. The van der Waals surface area contributed by atoms with E-state index in [4.69, 9.17) is 39.3 Å². The lowest BCUT2D eigenvalue weighted by atomic mass is 10.2. The highest BCUT2D eigenvalue weighted by molar-refractivity contribution is 7.19. The van der Waals surface area contributed by atoms with E-state index in [0.717, 1.165) is 4.88 Å². The molecule has 0 saturated heterocycles. The van der Waals surface area contributed by atoms with Crippen molar-refractivity contribution >= 4 is 63.0 Å². The Labute approximate surface area is 166 Å². The maximum atomic E-state index is 11.7. The van der Waals surface area contributed by atoms with Crippen LogP contribution in [-0.4, -0.2) is 20.8 Å². The fourth-order valence-corrected chi connectivity index (χ4v) is 4.22. The fraction of sp³-hybridized carbons (Fsp3) is 0.0588. The van der Waals surface area contributed by atoms with E-state index >= 15 is 0 Å². The second-order valence-electron chi connectivity index (χ2n) is 5.50. The van der Waals surface area contributed by atoms with Crippen molar-refractivity contribution in [1.82, 2.24) is 9.72 Å². The molecular formula is C17H9Cl3N2O3S.